The van der Waals surface area contributed by atoms with Crippen LogP contribution in [0, 0.1) is 16.0 Å². The van der Waals surface area contributed by atoms with E-state index in [9.17, 15) is 14.9 Å². The van der Waals surface area contributed by atoms with Gasteiger partial charge in [-0.15, -0.1) is 0 Å². The van der Waals surface area contributed by atoms with E-state index in [2.05, 4.69) is 13.8 Å². The first-order valence-electron chi connectivity index (χ1n) is 12.4. The minimum Gasteiger partial charge on any atom is -0.385 e. The van der Waals surface area contributed by atoms with Gasteiger partial charge in [-0.3, -0.25) is 15.0 Å². The van der Waals surface area contributed by atoms with Crippen molar-refractivity contribution >= 4 is 17.3 Å². The number of methoxy groups -OCH3 is 2. The maximum Gasteiger partial charge on any atom is 0.272 e. The van der Waals surface area contributed by atoms with E-state index in [-0.39, 0.29) is 16.5 Å². The van der Waals surface area contributed by atoms with Crippen LogP contribution < -0.4 is 5.06 Å². The van der Waals surface area contributed by atoms with E-state index in [4.69, 9.17) is 14.3 Å². The molecule has 0 bridgehead atoms. The average Bonchev–Trinajstić information content (AvgIpc) is 2.87. The second-order valence-electron chi connectivity index (χ2n) is 9.23. The van der Waals surface area contributed by atoms with Crippen LogP contribution in [0.3, 0.4) is 0 Å². The summed E-state index contributed by atoms with van der Waals surface area (Å²) in [5, 5.41) is 13.1. The predicted molar refractivity (Wildman–Crippen MR) is 142 cm³/mol. The van der Waals surface area contributed by atoms with Crippen molar-refractivity contribution in [3.63, 3.8) is 0 Å². The largest absolute Gasteiger partial charge is 0.385 e. The lowest BCUT2D eigenvalue weighted by Gasteiger charge is -2.24. The summed E-state index contributed by atoms with van der Waals surface area (Å²) >= 11 is 0. The van der Waals surface area contributed by atoms with Gasteiger partial charge in [0.2, 0.25) is 0 Å². The summed E-state index contributed by atoms with van der Waals surface area (Å²) in [5.74, 6) is 2.48. The Labute approximate surface area is 214 Å². The fraction of sp³-hybridized carbons (Fsp3) is 0.500. The number of anilines is 1. The van der Waals surface area contributed by atoms with Crippen LogP contribution in [0.25, 0.3) is 11.1 Å². The molecule has 2 aromatic carbocycles. The van der Waals surface area contributed by atoms with Crippen molar-refractivity contribution in [2.45, 2.75) is 52.4 Å². The summed E-state index contributed by atoms with van der Waals surface area (Å²) in [6.45, 7) is 7.69. The number of hydrogen-bond acceptors (Lipinski definition) is 7. The van der Waals surface area contributed by atoms with E-state index in [0.29, 0.717) is 43.5 Å². The van der Waals surface area contributed by atoms with E-state index in [0.717, 1.165) is 36.0 Å². The molecule has 1 atom stereocenters. The van der Waals surface area contributed by atoms with E-state index in [1.165, 1.54) is 5.06 Å². The number of ether oxygens (including phenoxy) is 2. The van der Waals surface area contributed by atoms with E-state index in [1.807, 2.05) is 43.2 Å². The zero-order valence-corrected chi connectivity index (χ0v) is 22.0. The van der Waals surface area contributed by atoms with Crippen LogP contribution in [0.5, 0.6) is 0 Å². The van der Waals surface area contributed by atoms with Gasteiger partial charge in [-0.25, -0.2) is 9.86 Å². The molecule has 1 unspecified atom stereocenters. The van der Waals surface area contributed by atoms with Gasteiger partial charge in [0.15, 0.2) is 0 Å². The van der Waals surface area contributed by atoms with E-state index >= 15 is 0 Å². The normalized spacial score (nSPS) is 11.8. The molecule has 0 aliphatic carbocycles. The standard InChI is InChI=1S/C28H38N2O6/c1-21(2)18-22(3)27-19-24(10-13-28(27)30(32)33)23-8-11-25(12-9-23)29(26(20-31)14-17-35-5)36-16-7-6-15-34-4/h8-13,19,21-22H,6-7,14-18H2,1-5H3. The highest BCUT2D eigenvalue weighted by Gasteiger charge is 2.21. The highest BCUT2D eigenvalue weighted by atomic mass is 16.7. The van der Waals surface area contributed by atoms with Gasteiger partial charge in [-0.05, 0) is 66.5 Å². The molecule has 36 heavy (non-hydrogen) atoms. The number of nitro benzene ring substituents is 1. The third kappa shape index (κ3) is 8.57. The van der Waals surface area contributed by atoms with Crippen molar-refractivity contribution in [2.75, 3.05) is 39.1 Å². The Bertz CT molecular complexity index is 1020. The number of rotatable bonds is 16. The molecule has 8 nitrogen and oxygen atoms in total. The Hall–Kier alpha value is -3.03. The van der Waals surface area contributed by atoms with Crippen molar-refractivity contribution in [2.24, 2.45) is 5.92 Å². The van der Waals surface area contributed by atoms with Crippen molar-refractivity contribution in [1.29, 1.82) is 0 Å². The molecule has 2 aromatic rings. The molecular weight excluding hydrogens is 460 g/mol. The van der Waals surface area contributed by atoms with Crippen LogP contribution in [0.4, 0.5) is 11.4 Å². The summed E-state index contributed by atoms with van der Waals surface area (Å²) in [6.07, 6.45) is 2.85. The van der Waals surface area contributed by atoms with E-state index < -0.39 is 0 Å². The number of nitrogens with zero attached hydrogens (tertiary/aromatic N) is 2. The lowest BCUT2D eigenvalue weighted by Crippen LogP contribution is -2.25. The second-order valence-corrected chi connectivity index (χ2v) is 9.23. The molecular formula is C28H38N2O6. The number of hydroxylamine groups is 1. The quantitative estimate of drug-likeness (QED) is 0.116. The molecule has 0 aliphatic rings. The molecule has 0 N–H and O–H groups in total. The molecule has 8 heteroatoms. The number of carbonyl (C=O) groups excluding carboxylic acids is 1. The van der Waals surface area contributed by atoms with Crippen molar-refractivity contribution < 1.29 is 24.0 Å². The predicted octanol–water partition coefficient (Wildman–Crippen LogP) is 6.33. The third-order valence-electron chi connectivity index (χ3n) is 5.88. The maximum atomic E-state index is 11.7. The zero-order valence-electron chi connectivity index (χ0n) is 22.0. The molecule has 0 saturated carbocycles. The SMILES string of the molecule is COCCCCON(C(=C=O)CCOC)c1ccc(-c2ccc([N+](=O)[O-])c(C(C)CC(C)C)c2)cc1. The Kier molecular flexibility index (Phi) is 12.3. The molecule has 0 fully saturated rings. The van der Waals surface area contributed by atoms with Crippen LogP contribution >= 0.6 is 0 Å². The van der Waals surface area contributed by atoms with Gasteiger partial charge >= 0.3 is 0 Å². The molecule has 0 radical (unpaired) electrons. The lowest BCUT2D eigenvalue weighted by atomic mass is 9.89. The van der Waals surface area contributed by atoms with Crippen LogP contribution in [0.15, 0.2) is 48.2 Å². The number of unbranched alkanes of at least 4 members (excludes halogenated alkanes) is 1. The Balaban J connectivity index is 2.33. The number of nitro groups is 1. The maximum absolute atomic E-state index is 11.7. The Morgan fingerprint density at radius 1 is 0.972 bits per heavy atom. The fourth-order valence-corrected chi connectivity index (χ4v) is 4.12. The summed E-state index contributed by atoms with van der Waals surface area (Å²) < 4.78 is 10.2. The van der Waals surface area contributed by atoms with Crippen molar-refractivity contribution in [3.05, 3.63) is 63.8 Å². The van der Waals surface area contributed by atoms with Gasteiger partial charge in [-0.2, -0.15) is 0 Å². The Morgan fingerprint density at radius 3 is 2.19 bits per heavy atom. The smallest absolute Gasteiger partial charge is 0.272 e. The lowest BCUT2D eigenvalue weighted by molar-refractivity contribution is -0.385. The van der Waals surface area contributed by atoms with Gasteiger partial charge in [0, 0.05) is 38.9 Å². The van der Waals surface area contributed by atoms with Gasteiger partial charge in [0.1, 0.15) is 11.6 Å². The van der Waals surface area contributed by atoms with Crippen LogP contribution in [0.1, 0.15) is 57.9 Å². The van der Waals surface area contributed by atoms with Crippen LogP contribution in [-0.4, -0.2) is 44.9 Å². The summed E-state index contributed by atoms with van der Waals surface area (Å²) in [6, 6.07) is 12.9. The van der Waals surface area contributed by atoms with Gasteiger partial charge in [0.05, 0.1) is 23.8 Å². The minimum absolute atomic E-state index is 0.0627. The zero-order chi connectivity index (χ0) is 26.5. The molecule has 196 valence electrons. The monoisotopic (exact) mass is 498 g/mol. The van der Waals surface area contributed by atoms with E-state index in [1.54, 1.807) is 26.4 Å². The summed E-state index contributed by atoms with van der Waals surface area (Å²) in [5.41, 5.74) is 3.74. The molecule has 0 spiro atoms. The topological polar surface area (TPSA) is 91.1 Å². The molecule has 0 saturated heterocycles. The average molecular weight is 499 g/mol. The second kappa shape index (κ2) is 15.2. The molecule has 0 heterocycles. The van der Waals surface area contributed by atoms with Crippen LogP contribution in [-0.2, 0) is 19.1 Å². The van der Waals surface area contributed by atoms with Gasteiger partial charge in [-0.1, -0.05) is 32.9 Å². The molecule has 0 aromatic heterocycles. The van der Waals surface area contributed by atoms with Gasteiger partial charge in [0.25, 0.3) is 5.69 Å². The summed E-state index contributed by atoms with van der Waals surface area (Å²) in [7, 11) is 3.24. The molecule has 0 amide bonds. The van der Waals surface area contributed by atoms with Crippen LogP contribution in [0.2, 0.25) is 0 Å². The number of hydrogen-bond donors (Lipinski definition) is 0. The molecule has 0 aliphatic heterocycles. The highest BCUT2D eigenvalue weighted by Crippen LogP contribution is 2.35. The highest BCUT2D eigenvalue weighted by molar-refractivity contribution is 5.70. The first kappa shape index (κ1) is 29.2. The first-order chi connectivity index (χ1) is 17.3. The minimum atomic E-state index is -0.311. The fourth-order valence-electron chi connectivity index (χ4n) is 4.12. The molecule has 2 rings (SSSR count). The van der Waals surface area contributed by atoms with Crippen molar-refractivity contribution in [1.82, 2.24) is 0 Å². The third-order valence-corrected chi connectivity index (χ3v) is 5.88. The van der Waals surface area contributed by atoms with Crippen molar-refractivity contribution in [3.8, 4) is 11.1 Å². The summed E-state index contributed by atoms with van der Waals surface area (Å²) in [4.78, 5) is 29.0. The first-order valence-corrected chi connectivity index (χ1v) is 12.4. The number of benzene rings is 2. The van der Waals surface area contributed by atoms with Gasteiger partial charge < -0.3 is 9.47 Å². The Morgan fingerprint density at radius 2 is 1.61 bits per heavy atom.